The highest BCUT2D eigenvalue weighted by Crippen LogP contribution is 2.48. The Morgan fingerprint density at radius 3 is 2.58 bits per heavy atom. The summed E-state index contributed by atoms with van der Waals surface area (Å²) in [5.41, 5.74) is 2.47. The highest BCUT2D eigenvalue weighted by atomic mass is 16.2. The van der Waals surface area contributed by atoms with Crippen LogP contribution < -0.4 is 0 Å². The molecule has 0 radical (unpaired) electrons. The van der Waals surface area contributed by atoms with Gasteiger partial charge in [0.25, 0.3) is 0 Å². The molecule has 0 saturated carbocycles. The lowest BCUT2D eigenvalue weighted by molar-refractivity contribution is -0.132. The van der Waals surface area contributed by atoms with Gasteiger partial charge < -0.3 is 4.90 Å². The number of hydrogen-bond donors (Lipinski definition) is 0. The fourth-order valence-corrected chi connectivity index (χ4v) is 4.95. The molecule has 26 heavy (non-hydrogen) atoms. The maximum absolute atomic E-state index is 12.7. The summed E-state index contributed by atoms with van der Waals surface area (Å²) in [5.74, 6) is 0.577. The quantitative estimate of drug-likeness (QED) is 0.845. The van der Waals surface area contributed by atoms with E-state index >= 15 is 0 Å². The monoisotopic (exact) mass is 353 g/mol. The number of carbonyl (C=O) groups is 1. The van der Waals surface area contributed by atoms with E-state index in [1.807, 2.05) is 30.3 Å². The zero-order valence-corrected chi connectivity index (χ0v) is 15.6. The van der Waals surface area contributed by atoms with Crippen molar-refractivity contribution >= 4 is 5.91 Å². The Bertz CT molecular complexity index is 764. The molecule has 2 aromatic heterocycles. The van der Waals surface area contributed by atoms with Gasteiger partial charge in [0.05, 0.1) is 11.7 Å². The SMILES string of the molecule is CCN1C(=O)C[C@H](c2ccncc2)C12CCN(Cc1cnn(C)c1)CC2. The van der Waals surface area contributed by atoms with Gasteiger partial charge in [0.1, 0.15) is 0 Å². The van der Waals surface area contributed by atoms with E-state index in [-0.39, 0.29) is 11.5 Å². The van der Waals surface area contributed by atoms with Crippen molar-refractivity contribution in [2.75, 3.05) is 19.6 Å². The lowest BCUT2D eigenvalue weighted by Gasteiger charge is -2.48. The van der Waals surface area contributed by atoms with Crippen molar-refractivity contribution in [3.05, 3.63) is 48.0 Å². The second-order valence-electron chi connectivity index (χ2n) is 7.58. The molecular formula is C20H27N5O. The number of hydrogen-bond acceptors (Lipinski definition) is 4. The van der Waals surface area contributed by atoms with Crippen LogP contribution >= 0.6 is 0 Å². The van der Waals surface area contributed by atoms with Crippen LogP contribution in [-0.2, 0) is 18.4 Å². The number of likely N-dealkylation sites (tertiary alicyclic amines) is 2. The summed E-state index contributed by atoms with van der Waals surface area (Å²) >= 11 is 0. The minimum absolute atomic E-state index is 0.0430. The van der Waals surface area contributed by atoms with Crippen molar-refractivity contribution in [1.29, 1.82) is 0 Å². The number of rotatable bonds is 4. The maximum Gasteiger partial charge on any atom is 0.223 e. The van der Waals surface area contributed by atoms with Gasteiger partial charge in [-0.3, -0.25) is 19.4 Å². The van der Waals surface area contributed by atoms with Crippen LogP contribution in [0.5, 0.6) is 0 Å². The second kappa shape index (κ2) is 6.83. The molecule has 0 aliphatic carbocycles. The number of aromatic nitrogens is 3. The third kappa shape index (κ3) is 2.92. The Hall–Kier alpha value is -2.21. The molecule has 2 aliphatic heterocycles. The average Bonchev–Trinajstić information content (AvgIpc) is 3.18. The topological polar surface area (TPSA) is 54.3 Å². The molecule has 6 heteroatoms. The Morgan fingerprint density at radius 1 is 1.23 bits per heavy atom. The molecular weight excluding hydrogens is 326 g/mol. The minimum atomic E-state index is -0.0430. The first-order chi connectivity index (χ1) is 12.6. The summed E-state index contributed by atoms with van der Waals surface area (Å²) in [5, 5.41) is 4.27. The third-order valence-corrected chi connectivity index (χ3v) is 6.18. The molecule has 1 atom stereocenters. The smallest absolute Gasteiger partial charge is 0.223 e. The summed E-state index contributed by atoms with van der Waals surface area (Å²) in [6.07, 6.45) is 10.4. The molecule has 138 valence electrons. The van der Waals surface area contributed by atoms with Gasteiger partial charge in [-0.05, 0) is 37.5 Å². The molecule has 4 heterocycles. The van der Waals surface area contributed by atoms with Crippen molar-refractivity contribution in [1.82, 2.24) is 24.6 Å². The van der Waals surface area contributed by atoms with E-state index in [1.54, 1.807) is 0 Å². The van der Waals surface area contributed by atoms with Crippen LogP contribution in [0.1, 0.15) is 43.2 Å². The highest BCUT2D eigenvalue weighted by Gasteiger charge is 2.53. The van der Waals surface area contributed by atoms with E-state index in [0.717, 1.165) is 39.0 Å². The van der Waals surface area contributed by atoms with Crippen molar-refractivity contribution in [3.8, 4) is 0 Å². The first-order valence-corrected chi connectivity index (χ1v) is 9.52. The number of piperidine rings is 1. The van der Waals surface area contributed by atoms with Crippen LogP contribution in [0.4, 0.5) is 0 Å². The van der Waals surface area contributed by atoms with E-state index in [1.165, 1.54) is 11.1 Å². The van der Waals surface area contributed by atoms with Gasteiger partial charge in [-0.25, -0.2) is 0 Å². The van der Waals surface area contributed by atoms with Crippen LogP contribution in [0.25, 0.3) is 0 Å². The van der Waals surface area contributed by atoms with Gasteiger partial charge in [-0.1, -0.05) is 0 Å². The van der Waals surface area contributed by atoms with E-state index in [9.17, 15) is 4.79 Å². The lowest BCUT2D eigenvalue weighted by Crippen LogP contribution is -2.55. The molecule has 0 unspecified atom stereocenters. The van der Waals surface area contributed by atoms with Gasteiger partial charge >= 0.3 is 0 Å². The van der Waals surface area contributed by atoms with Crippen LogP contribution in [0, 0.1) is 0 Å². The largest absolute Gasteiger partial charge is 0.337 e. The number of carbonyl (C=O) groups excluding carboxylic acids is 1. The first-order valence-electron chi connectivity index (χ1n) is 9.52. The number of aryl methyl sites for hydroxylation is 1. The zero-order valence-electron chi connectivity index (χ0n) is 15.6. The molecule has 6 nitrogen and oxygen atoms in total. The molecule has 2 aliphatic rings. The summed E-state index contributed by atoms with van der Waals surface area (Å²) < 4.78 is 1.86. The number of likely N-dealkylation sites (N-methyl/N-ethyl adjacent to an activating group) is 1. The third-order valence-electron chi connectivity index (χ3n) is 6.18. The van der Waals surface area contributed by atoms with Crippen LogP contribution in [0.15, 0.2) is 36.9 Å². The Morgan fingerprint density at radius 2 is 1.96 bits per heavy atom. The van der Waals surface area contributed by atoms with Crippen molar-refractivity contribution in [2.45, 2.75) is 44.2 Å². The Balaban J connectivity index is 1.54. The number of amides is 1. The maximum atomic E-state index is 12.7. The lowest BCUT2D eigenvalue weighted by atomic mass is 9.73. The van der Waals surface area contributed by atoms with Gasteiger partial charge in [0.15, 0.2) is 0 Å². The fourth-order valence-electron chi connectivity index (χ4n) is 4.95. The molecule has 0 bridgehead atoms. The van der Waals surface area contributed by atoms with Gasteiger partial charge in [-0.2, -0.15) is 5.10 Å². The normalized spacial score (nSPS) is 23.1. The zero-order chi connectivity index (χ0) is 18.1. The van der Waals surface area contributed by atoms with Gasteiger partial charge in [0, 0.05) is 69.7 Å². The fraction of sp³-hybridized carbons (Fsp3) is 0.550. The van der Waals surface area contributed by atoms with Crippen LogP contribution in [0.3, 0.4) is 0 Å². The van der Waals surface area contributed by atoms with Crippen LogP contribution in [-0.4, -0.2) is 55.6 Å². The Labute approximate surface area is 154 Å². The summed E-state index contributed by atoms with van der Waals surface area (Å²) in [6, 6.07) is 4.17. The Kier molecular flexibility index (Phi) is 4.53. The van der Waals surface area contributed by atoms with E-state index in [4.69, 9.17) is 0 Å². The molecule has 1 amide bonds. The minimum Gasteiger partial charge on any atom is -0.337 e. The molecule has 2 aromatic rings. The summed E-state index contributed by atoms with van der Waals surface area (Å²) in [4.78, 5) is 21.5. The standard InChI is InChI=1S/C20H27N5O/c1-3-25-19(26)12-18(17-4-8-21-9-5-17)20(25)6-10-24(11-7-20)15-16-13-22-23(2)14-16/h4-5,8-9,13-14,18H,3,6-7,10-12,15H2,1-2H3/t18-/m1/s1. The number of pyridine rings is 1. The van der Waals surface area contributed by atoms with E-state index < -0.39 is 0 Å². The second-order valence-corrected chi connectivity index (χ2v) is 7.58. The summed E-state index contributed by atoms with van der Waals surface area (Å²) in [6.45, 7) is 5.87. The number of nitrogens with zero attached hydrogens (tertiary/aromatic N) is 5. The molecule has 2 saturated heterocycles. The predicted molar refractivity (Wildman–Crippen MR) is 99.4 cm³/mol. The molecule has 2 fully saturated rings. The molecule has 1 spiro atoms. The molecule has 0 aromatic carbocycles. The predicted octanol–water partition coefficient (Wildman–Crippen LogP) is 2.19. The highest BCUT2D eigenvalue weighted by molar-refractivity contribution is 5.81. The van der Waals surface area contributed by atoms with Crippen molar-refractivity contribution < 1.29 is 4.79 Å². The van der Waals surface area contributed by atoms with E-state index in [0.29, 0.717) is 12.3 Å². The summed E-state index contributed by atoms with van der Waals surface area (Å²) in [7, 11) is 1.96. The van der Waals surface area contributed by atoms with Crippen molar-refractivity contribution in [3.63, 3.8) is 0 Å². The molecule has 4 rings (SSSR count). The van der Waals surface area contributed by atoms with Gasteiger partial charge in [-0.15, -0.1) is 0 Å². The van der Waals surface area contributed by atoms with E-state index in [2.05, 4.69) is 45.1 Å². The first kappa shape index (κ1) is 17.2. The average molecular weight is 353 g/mol. The van der Waals surface area contributed by atoms with Crippen LogP contribution in [0.2, 0.25) is 0 Å². The van der Waals surface area contributed by atoms with Crippen molar-refractivity contribution in [2.24, 2.45) is 7.05 Å². The molecule has 0 N–H and O–H groups in total. The van der Waals surface area contributed by atoms with Gasteiger partial charge in [0.2, 0.25) is 5.91 Å².